The maximum absolute atomic E-state index is 14.2. The maximum atomic E-state index is 14.2. The van der Waals surface area contributed by atoms with Crippen LogP contribution in [0.15, 0.2) is 55.0 Å². The van der Waals surface area contributed by atoms with Crippen molar-refractivity contribution in [1.82, 2.24) is 15.3 Å². The third-order valence-corrected chi connectivity index (χ3v) is 5.16. The number of ether oxygens (including phenoxy) is 2. The lowest BCUT2D eigenvalue weighted by Gasteiger charge is -2.16. The SMILES string of the molecule is O=C(Nc1ccc(Oc2cccnc2)cn1)NC1[C@H]2COc3c(F)ccc(F)c3[C@@H]12. The number of amides is 2. The van der Waals surface area contributed by atoms with Crippen LogP contribution in [0.1, 0.15) is 11.5 Å². The van der Waals surface area contributed by atoms with Crippen molar-refractivity contribution in [3.05, 3.63) is 72.2 Å². The van der Waals surface area contributed by atoms with E-state index < -0.39 is 17.7 Å². The number of urea groups is 1. The van der Waals surface area contributed by atoms with E-state index in [0.717, 1.165) is 12.1 Å². The summed E-state index contributed by atoms with van der Waals surface area (Å²) < 4.78 is 39.0. The van der Waals surface area contributed by atoms with Gasteiger partial charge in [-0.05, 0) is 36.4 Å². The number of aromatic nitrogens is 2. The van der Waals surface area contributed by atoms with Gasteiger partial charge in [0.05, 0.1) is 19.0 Å². The topological polar surface area (TPSA) is 85.4 Å². The van der Waals surface area contributed by atoms with Crippen LogP contribution in [0.2, 0.25) is 0 Å². The van der Waals surface area contributed by atoms with Gasteiger partial charge in [-0.25, -0.2) is 18.6 Å². The first-order chi connectivity index (χ1) is 14.6. The summed E-state index contributed by atoms with van der Waals surface area (Å²) in [7, 11) is 0. The van der Waals surface area contributed by atoms with Crippen molar-refractivity contribution in [1.29, 1.82) is 0 Å². The first kappa shape index (κ1) is 18.3. The number of carbonyl (C=O) groups is 1. The number of hydrogen-bond acceptors (Lipinski definition) is 5. The minimum atomic E-state index is -0.599. The monoisotopic (exact) mass is 410 g/mol. The second-order valence-corrected chi connectivity index (χ2v) is 7.07. The molecule has 30 heavy (non-hydrogen) atoms. The molecule has 1 aromatic carbocycles. The molecule has 1 aliphatic heterocycles. The number of pyridine rings is 2. The van der Waals surface area contributed by atoms with E-state index in [9.17, 15) is 13.6 Å². The van der Waals surface area contributed by atoms with Gasteiger partial charge in [-0.15, -0.1) is 0 Å². The predicted octanol–water partition coefficient (Wildman–Crippen LogP) is 3.84. The molecule has 1 fully saturated rings. The Bertz CT molecular complexity index is 1100. The van der Waals surface area contributed by atoms with Crippen LogP contribution in [-0.2, 0) is 0 Å². The zero-order valence-corrected chi connectivity index (χ0v) is 15.5. The van der Waals surface area contributed by atoms with Crippen molar-refractivity contribution >= 4 is 11.8 Å². The van der Waals surface area contributed by atoms with Crippen LogP contribution >= 0.6 is 0 Å². The number of hydrogen-bond donors (Lipinski definition) is 2. The van der Waals surface area contributed by atoms with Gasteiger partial charge in [-0.2, -0.15) is 0 Å². The molecule has 152 valence electrons. The summed E-state index contributed by atoms with van der Waals surface area (Å²) in [4.78, 5) is 20.4. The Morgan fingerprint density at radius 2 is 1.93 bits per heavy atom. The van der Waals surface area contributed by atoms with Gasteiger partial charge < -0.3 is 14.8 Å². The quantitative estimate of drug-likeness (QED) is 0.683. The molecule has 0 spiro atoms. The lowest BCUT2D eigenvalue weighted by Crippen LogP contribution is -2.32. The van der Waals surface area contributed by atoms with Gasteiger partial charge in [0.2, 0.25) is 0 Å². The molecule has 2 aromatic heterocycles. The molecule has 0 bridgehead atoms. The average Bonchev–Trinajstić information content (AvgIpc) is 3.45. The Kier molecular flexibility index (Phi) is 4.42. The number of fused-ring (bicyclic) bond motifs is 3. The number of benzene rings is 1. The zero-order valence-electron chi connectivity index (χ0n) is 15.5. The summed E-state index contributed by atoms with van der Waals surface area (Å²) in [6, 6.07) is 8.07. The molecule has 2 amide bonds. The molecule has 0 radical (unpaired) electrons. The number of anilines is 1. The Morgan fingerprint density at radius 1 is 1.10 bits per heavy atom. The van der Waals surface area contributed by atoms with E-state index in [0.29, 0.717) is 17.3 Å². The summed E-state index contributed by atoms with van der Waals surface area (Å²) >= 11 is 0. The fraction of sp³-hybridized carbons (Fsp3) is 0.190. The Labute approximate surface area is 170 Å². The minimum absolute atomic E-state index is 0.0631. The maximum Gasteiger partial charge on any atom is 0.320 e. The average molecular weight is 410 g/mol. The van der Waals surface area contributed by atoms with Crippen molar-refractivity contribution < 1.29 is 23.0 Å². The van der Waals surface area contributed by atoms with Crippen molar-refractivity contribution in [3.8, 4) is 17.2 Å². The number of halogens is 2. The number of nitrogens with zero attached hydrogens (tertiary/aromatic N) is 2. The number of carbonyl (C=O) groups excluding carboxylic acids is 1. The summed E-state index contributed by atoms with van der Waals surface area (Å²) in [6.07, 6.45) is 4.69. The van der Waals surface area contributed by atoms with Gasteiger partial charge in [0.15, 0.2) is 11.6 Å². The molecule has 2 aliphatic rings. The van der Waals surface area contributed by atoms with Gasteiger partial charge in [-0.3, -0.25) is 10.3 Å². The van der Waals surface area contributed by atoms with Gasteiger partial charge in [0, 0.05) is 29.6 Å². The highest BCUT2D eigenvalue weighted by Crippen LogP contribution is 2.55. The van der Waals surface area contributed by atoms with E-state index in [1.54, 1.807) is 36.7 Å². The third kappa shape index (κ3) is 3.38. The molecule has 1 aliphatic carbocycles. The molecule has 5 rings (SSSR count). The molecular weight excluding hydrogens is 394 g/mol. The third-order valence-electron chi connectivity index (χ3n) is 5.16. The fourth-order valence-electron chi connectivity index (χ4n) is 3.72. The number of rotatable bonds is 4. The summed E-state index contributed by atoms with van der Waals surface area (Å²) in [5.41, 5.74) is 0.187. The first-order valence-electron chi connectivity index (χ1n) is 9.32. The van der Waals surface area contributed by atoms with Crippen LogP contribution in [0.3, 0.4) is 0 Å². The second kappa shape index (κ2) is 7.25. The van der Waals surface area contributed by atoms with Crippen molar-refractivity contribution in [2.75, 3.05) is 11.9 Å². The van der Waals surface area contributed by atoms with E-state index >= 15 is 0 Å². The van der Waals surface area contributed by atoms with Crippen LogP contribution in [0.4, 0.5) is 19.4 Å². The lowest BCUT2D eigenvalue weighted by molar-refractivity contribution is 0.247. The van der Waals surface area contributed by atoms with Gasteiger partial charge in [0.25, 0.3) is 0 Å². The predicted molar refractivity (Wildman–Crippen MR) is 103 cm³/mol. The van der Waals surface area contributed by atoms with E-state index in [1.165, 1.54) is 6.20 Å². The molecule has 3 heterocycles. The van der Waals surface area contributed by atoms with E-state index in [2.05, 4.69) is 20.6 Å². The minimum Gasteiger partial charge on any atom is -0.490 e. The smallest absolute Gasteiger partial charge is 0.320 e. The van der Waals surface area contributed by atoms with Crippen LogP contribution in [-0.4, -0.2) is 28.6 Å². The van der Waals surface area contributed by atoms with E-state index in [-0.39, 0.29) is 35.8 Å². The molecule has 2 N–H and O–H groups in total. The summed E-state index contributed by atoms with van der Waals surface area (Å²) in [5.74, 6) is -0.209. The largest absolute Gasteiger partial charge is 0.490 e. The van der Waals surface area contributed by atoms with E-state index in [4.69, 9.17) is 9.47 Å². The second-order valence-electron chi connectivity index (χ2n) is 7.07. The van der Waals surface area contributed by atoms with Crippen LogP contribution < -0.4 is 20.1 Å². The highest BCUT2D eigenvalue weighted by atomic mass is 19.1. The first-order valence-corrected chi connectivity index (χ1v) is 9.32. The van der Waals surface area contributed by atoms with Crippen LogP contribution in [0, 0.1) is 17.6 Å². The Hall–Kier alpha value is -3.75. The molecule has 0 saturated heterocycles. The van der Waals surface area contributed by atoms with Crippen molar-refractivity contribution in [2.45, 2.75) is 12.0 Å². The lowest BCUT2D eigenvalue weighted by atomic mass is 10.0. The zero-order chi connectivity index (χ0) is 20.7. The van der Waals surface area contributed by atoms with Crippen LogP contribution in [0.25, 0.3) is 0 Å². The number of nitrogens with one attached hydrogen (secondary N) is 2. The molecule has 7 nitrogen and oxygen atoms in total. The molecule has 9 heteroatoms. The molecular formula is C21H16F2N4O3. The molecule has 1 saturated carbocycles. The summed E-state index contributed by atoms with van der Waals surface area (Å²) in [6.45, 7) is 0.224. The molecule has 3 atom stereocenters. The van der Waals surface area contributed by atoms with Gasteiger partial charge in [-0.1, -0.05) is 0 Å². The highest BCUT2D eigenvalue weighted by molar-refractivity contribution is 5.89. The normalized spacial score (nSPS) is 20.9. The van der Waals surface area contributed by atoms with Gasteiger partial charge in [0.1, 0.15) is 23.1 Å². The van der Waals surface area contributed by atoms with E-state index in [1.807, 2.05) is 0 Å². The van der Waals surface area contributed by atoms with Crippen molar-refractivity contribution in [2.24, 2.45) is 5.92 Å². The molecule has 3 aromatic rings. The standard InChI is InChI=1S/C21H16F2N4O3/c22-14-4-5-15(23)20-18(14)17-13(10-29-20)19(17)27-21(28)26-16-6-3-12(9-25-16)30-11-2-1-7-24-8-11/h1-9,13,17,19H,10H2,(H2,25,26,27,28)/t13-,17-,19?/m0/s1. The highest BCUT2D eigenvalue weighted by Gasteiger charge is 2.57. The summed E-state index contributed by atoms with van der Waals surface area (Å²) in [5, 5.41) is 5.41. The fourth-order valence-corrected chi connectivity index (χ4v) is 3.72. The Balaban J connectivity index is 1.21. The van der Waals surface area contributed by atoms with Gasteiger partial charge >= 0.3 is 6.03 Å². The van der Waals surface area contributed by atoms with Crippen LogP contribution in [0.5, 0.6) is 17.2 Å². The molecule has 1 unspecified atom stereocenters. The Morgan fingerprint density at radius 3 is 2.70 bits per heavy atom. The van der Waals surface area contributed by atoms with Crippen molar-refractivity contribution in [3.63, 3.8) is 0 Å².